The van der Waals surface area contributed by atoms with Gasteiger partial charge in [-0.1, -0.05) is 23.2 Å². The van der Waals surface area contributed by atoms with E-state index in [0.29, 0.717) is 49.6 Å². The van der Waals surface area contributed by atoms with Crippen LogP contribution in [-0.4, -0.2) is 52.3 Å². The van der Waals surface area contributed by atoms with Crippen molar-refractivity contribution in [1.29, 1.82) is 10.7 Å². The van der Waals surface area contributed by atoms with Gasteiger partial charge < -0.3 is 15.4 Å². The van der Waals surface area contributed by atoms with E-state index >= 15 is 0 Å². The highest BCUT2D eigenvalue weighted by Gasteiger charge is 2.45. The van der Waals surface area contributed by atoms with Crippen molar-refractivity contribution in [3.63, 3.8) is 0 Å². The highest BCUT2D eigenvalue weighted by Crippen LogP contribution is 2.36. The van der Waals surface area contributed by atoms with Gasteiger partial charge in [-0.3, -0.25) is 15.3 Å². The average Bonchev–Trinajstić information content (AvgIpc) is 3.43. The average molecular weight is 550 g/mol. The fourth-order valence-electron chi connectivity index (χ4n) is 5.36. The van der Waals surface area contributed by atoms with E-state index in [-0.39, 0.29) is 11.3 Å². The molecule has 10 heteroatoms. The predicted molar refractivity (Wildman–Crippen MR) is 150 cm³/mol. The number of halogens is 2. The van der Waals surface area contributed by atoms with Crippen LogP contribution in [0.5, 0.6) is 5.75 Å². The number of nitrogens with one attached hydrogen (secondary N) is 1. The molecule has 8 nitrogen and oxygen atoms in total. The van der Waals surface area contributed by atoms with Crippen molar-refractivity contribution in [1.82, 2.24) is 14.9 Å². The Hall–Kier alpha value is -3.38. The van der Waals surface area contributed by atoms with Crippen molar-refractivity contribution in [2.24, 2.45) is 0 Å². The molecule has 0 spiro atoms. The summed E-state index contributed by atoms with van der Waals surface area (Å²) in [6.45, 7) is 8.04. The van der Waals surface area contributed by atoms with Crippen LogP contribution in [0.15, 0.2) is 42.9 Å². The van der Waals surface area contributed by atoms with Gasteiger partial charge in [0.1, 0.15) is 23.7 Å². The SMILES string of the molecule is C[C@@H](Oc1ccc(N)c(C(=N)c2cnc(N3CC(C)(N4CCCC4)C3)c(C#N)c2)c1)c1c(Cl)cncc1Cl. The lowest BCUT2D eigenvalue weighted by Gasteiger charge is -2.53. The van der Waals surface area contributed by atoms with Crippen molar-refractivity contribution in [3.05, 3.63) is 75.2 Å². The third-order valence-electron chi connectivity index (χ3n) is 7.41. The van der Waals surface area contributed by atoms with E-state index < -0.39 is 6.10 Å². The van der Waals surface area contributed by atoms with Crippen LogP contribution in [-0.2, 0) is 0 Å². The van der Waals surface area contributed by atoms with E-state index in [0.717, 1.165) is 26.2 Å². The van der Waals surface area contributed by atoms with Gasteiger partial charge in [-0.05, 0) is 64.0 Å². The highest BCUT2D eigenvalue weighted by atomic mass is 35.5. The number of anilines is 2. The van der Waals surface area contributed by atoms with E-state index in [2.05, 4.69) is 32.8 Å². The summed E-state index contributed by atoms with van der Waals surface area (Å²) in [6, 6.07) is 9.10. The summed E-state index contributed by atoms with van der Waals surface area (Å²) in [5.41, 5.74) is 8.98. The van der Waals surface area contributed by atoms with Gasteiger partial charge in [-0.25, -0.2) is 4.98 Å². The van der Waals surface area contributed by atoms with E-state index in [1.807, 2.05) is 6.92 Å². The van der Waals surface area contributed by atoms with Gasteiger partial charge in [-0.15, -0.1) is 0 Å². The molecular formula is C28H29Cl2N7O. The van der Waals surface area contributed by atoms with Gasteiger partial charge in [0.2, 0.25) is 0 Å². The number of pyridine rings is 2. The molecular weight excluding hydrogens is 521 g/mol. The van der Waals surface area contributed by atoms with Crippen molar-refractivity contribution < 1.29 is 4.74 Å². The highest BCUT2D eigenvalue weighted by molar-refractivity contribution is 6.35. The summed E-state index contributed by atoms with van der Waals surface area (Å²) < 4.78 is 6.10. The maximum absolute atomic E-state index is 9.89. The molecule has 2 aromatic heterocycles. The van der Waals surface area contributed by atoms with Crippen LogP contribution in [0.4, 0.5) is 11.5 Å². The number of rotatable bonds is 7. The topological polar surface area (TPSA) is 115 Å². The Bertz CT molecular complexity index is 1400. The predicted octanol–water partition coefficient (Wildman–Crippen LogP) is 5.47. The van der Waals surface area contributed by atoms with Crippen LogP contribution in [0.3, 0.4) is 0 Å². The van der Waals surface area contributed by atoms with Crippen LogP contribution in [0.2, 0.25) is 10.0 Å². The summed E-state index contributed by atoms with van der Waals surface area (Å²) in [5.74, 6) is 1.16. The molecule has 0 unspecified atom stereocenters. The smallest absolute Gasteiger partial charge is 0.146 e. The summed E-state index contributed by atoms with van der Waals surface area (Å²) in [7, 11) is 0. The Kier molecular flexibility index (Phi) is 7.19. The van der Waals surface area contributed by atoms with Gasteiger partial charge in [0.25, 0.3) is 0 Å². The van der Waals surface area contributed by atoms with Gasteiger partial charge >= 0.3 is 0 Å². The van der Waals surface area contributed by atoms with Crippen molar-refractivity contribution >= 4 is 40.4 Å². The number of hydrogen-bond donors (Lipinski definition) is 2. The number of nitriles is 1. The lowest BCUT2D eigenvalue weighted by atomic mass is 9.89. The van der Waals surface area contributed by atoms with Crippen LogP contribution < -0.4 is 15.4 Å². The molecule has 1 atom stereocenters. The second kappa shape index (κ2) is 10.4. The molecule has 3 N–H and O–H groups in total. The fourth-order valence-corrected chi connectivity index (χ4v) is 6.04. The third kappa shape index (κ3) is 4.90. The summed E-state index contributed by atoms with van der Waals surface area (Å²) >= 11 is 12.6. The number of nitrogens with zero attached hydrogens (tertiary/aromatic N) is 5. The number of benzene rings is 1. The first-order valence-electron chi connectivity index (χ1n) is 12.5. The number of hydrogen-bond acceptors (Lipinski definition) is 8. The molecule has 5 rings (SSSR count). The Balaban J connectivity index is 1.35. The van der Waals surface area contributed by atoms with Crippen LogP contribution in [0.25, 0.3) is 0 Å². The molecule has 3 aromatic rings. The monoisotopic (exact) mass is 549 g/mol. The first-order valence-corrected chi connectivity index (χ1v) is 13.3. The summed E-state index contributed by atoms with van der Waals surface area (Å²) in [4.78, 5) is 13.3. The fraction of sp³-hybridized carbons (Fsp3) is 0.357. The standard InChI is InChI=1S/C28H29Cl2N7O/c1-17(25-22(29)13-34-14-23(25)30)38-20-5-6-24(32)21(10-20)26(33)19-9-18(11-31)27(35-12-19)36-15-28(2,16-36)37-7-3-4-8-37/h5-6,9-10,12-14,17,33H,3-4,7-8,15-16,32H2,1-2H3/t17-/m1/s1. The number of nitrogens with two attached hydrogens (primary N) is 1. The Morgan fingerprint density at radius 1 is 1.16 bits per heavy atom. The quantitative estimate of drug-likeness (QED) is 0.296. The van der Waals surface area contributed by atoms with E-state index in [9.17, 15) is 5.26 Å². The third-order valence-corrected chi connectivity index (χ3v) is 8.01. The largest absolute Gasteiger partial charge is 0.486 e. The Morgan fingerprint density at radius 3 is 2.50 bits per heavy atom. The Labute approximate surface area is 232 Å². The number of ether oxygens (including phenoxy) is 1. The summed E-state index contributed by atoms with van der Waals surface area (Å²) in [5, 5.41) is 19.6. The molecule has 0 amide bonds. The zero-order valence-corrected chi connectivity index (χ0v) is 22.9. The minimum Gasteiger partial charge on any atom is -0.486 e. The van der Waals surface area contributed by atoms with Crippen LogP contribution in [0, 0.1) is 16.7 Å². The lowest BCUT2D eigenvalue weighted by molar-refractivity contribution is 0.101. The molecule has 0 aliphatic carbocycles. The first kappa shape index (κ1) is 26.2. The number of likely N-dealkylation sites (tertiary alicyclic amines) is 1. The van der Waals surface area contributed by atoms with Crippen LogP contribution >= 0.6 is 23.2 Å². The molecule has 2 aliphatic rings. The minimum absolute atomic E-state index is 0.118. The normalized spacial score (nSPS) is 17.5. The molecule has 2 saturated heterocycles. The number of nitrogen functional groups attached to an aromatic ring is 1. The summed E-state index contributed by atoms with van der Waals surface area (Å²) in [6.07, 6.45) is 6.70. The molecule has 38 heavy (non-hydrogen) atoms. The maximum Gasteiger partial charge on any atom is 0.146 e. The lowest BCUT2D eigenvalue weighted by Crippen LogP contribution is -2.68. The van der Waals surface area contributed by atoms with Crippen molar-refractivity contribution in [3.8, 4) is 11.8 Å². The van der Waals surface area contributed by atoms with Crippen molar-refractivity contribution in [2.75, 3.05) is 36.8 Å². The van der Waals surface area contributed by atoms with Crippen molar-refractivity contribution in [2.45, 2.75) is 38.3 Å². The zero-order valence-electron chi connectivity index (χ0n) is 21.3. The van der Waals surface area contributed by atoms with E-state index in [4.69, 9.17) is 39.1 Å². The zero-order chi connectivity index (χ0) is 27.0. The molecule has 0 bridgehead atoms. The number of aromatic nitrogens is 2. The molecule has 1 aromatic carbocycles. The van der Waals surface area contributed by atoms with E-state index in [1.165, 1.54) is 25.2 Å². The molecule has 2 aliphatic heterocycles. The molecule has 0 saturated carbocycles. The van der Waals surface area contributed by atoms with Gasteiger partial charge in [0, 0.05) is 54.1 Å². The minimum atomic E-state index is -0.461. The second-order valence-electron chi connectivity index (χ2n) is 10.2. The van der Waals surface area contributed by atoms with Gasteiger partial charge in [0.05, 0.1) is 26.9 Å². The molecule has 4 heterocycles. The van der Waals surface area contributed by atoms with Gasteiger partial charge in [-0.2, -0.15) is 5.26 Å². The maximum atomic E-state index is 9.89. The second-order valence-corrected chi connectivity index (χ2v) is 11.0. The van der Waals surface area contributed by atoms with E-state index in [1.54, 1.807) is 30.5 Å². The molecule has 196 valence electrons. The first-order chi connectivity index (χ1) is 18.2. The molecule has 0 radical (unpaired) electrons. The molecule has 2 fully saturated rings. The Morgan fingerprint density at radius 2 is 1.84 bits per heavy atom. The van der Waals surface area contributed by atoms with Crippen LogP contribution in [0.1, 0.15) is 55.0 Å². The van der Waals surface area contributed by atoms with Gasteiger partial charge in [0.15, 0.2) is 0 Å².